The van der Waals surface area contributed by atoms with Gasteiger partial charge in [0.15, 0.2) is 5.16 Å². The Hall–Kier alpha value is -0.680. The smallest absolute Gasteiger partial charge is 0.349 e. The first kappa shape index (κ1) is 18.4. The van der Waals surface area contributed by atoms with E-state index < -0.39 is 18.7 Å². The largest absolute Gasteiger partial charge is 0.465 e. The van der Waals surface area contributed by atoms with Crippen LogP contribution in [-0.4, -0.2) is 24.1 Å². The van der Waals surface area contributed by atoms with Gasteiger partial charge in [-0.05, 0) is 38.0 Å². The zero-order valence-electron chi connectivity index (χ0n) is 12.3. The lowest BCUT2D eigenvalue weighted by Crippen LogP contribution is -2.37. The molecule has 0 heterocycles. The third-order valence-corrected chi connectivity index (χ3v) is 6.04. The van der Waals surface area contributed by atoms with E-state index in [1.54, 1.807) is 45.0 Å². The fourth-order valence-corrected chi connectivity index (χ4v) is 4.36. The van der Waals surface area contributed by atoms with Crippen molar-refractivity contribution in [2.24, 2.45) is 0 Å². The van der Waals surface area contributed by atoms with Gasteiger partial charge < -0.3 is 14.2 Å². The second-order valence-corrected chi connectivity index (χ2v) is 7.36. The Morgan fingerprint density at radius 2 is 2.00 bits per heavy atom. The van der Waals surface area contributed by atoms with Crippen molar-refractivity contribution in [2.45, 2.75) is 32.3 Å². The number of halogens is 1. The molecule has 1 aromatic carbocycles. The molecule has 0 fully saturated rings. The van der Waals surface area contributed by atoms with Crippen LogP contribution in [0.1, 0.15) is 32.8 Å². The number of carbonyl (C=O) groups is 1. The van der Waals surface area contributed by atoms with Crippen LogP contribution in [0.4, 0.5) is 0 Å². The number of benzene rings is 1. The summed E-state index contributed by atoms with van der Waals surface area (Å²) in [5.41, 5.74) is 0.400. The minimum absolute atomic E-state index is 0.0307. The molecule has 118 valence electrons. The van der Waals surface area contributed by atoms with Crippen LogP contribution in [-0.2, 0) is 23.8 Å². The zero-order valence-corrected chi connectivity index (χ0v) is 14.8. The monoisotopic (exact) mass is 378 g/mol. The Morgan fingerprint density at radius 3 is 2.48 bits per heavy atom. The lowest BCUT2D eigenvalue weighted by atomic mass is 9.95. The van der Waals surface area contributed by atoms with E-state index in [2.05, 4.69) is 15.9 Å². The summed E-state index contributed by atoms with van der Waals surface area (Å²) < 4.78 is 23.5. The van der Waals surface area contributed by atoms with Crippen molar-refractivity contribution in [1.82, 2.24) is 0 Å². The lowest BCUT2D eigenvalue weighted by Gasteiger charge is -2.33. The Bertz CT molecular complexity index is 548. The molecule has 5 nitrogen and oxygen atoms in total. The number of esters is 1. The number of hydrogen-bond acceptors (Lipinski definition) is 4. The van der Waals surface area contributed by atoms with E-state index in [9.17, 15) is 14.3 Å². The molecule has 2 unspecified atom stereocenters. The van der Waals surface area contributed by atoms with Gasteiger partial charge in [-0.1, -0.05) is 35.0 Å². The lowest BCUT2D eigenvalue weighted by molar-refractivity contribution is -0.147. The van der Waals surface area contributed by atoms with Crippen LogP contribution in [0.25, 0.3) is 0 Å². The standard InChI is InChI=1S/C14H20BrO5P/c1-4-14(13(16)19-5-2,21(17,18)20-6-3)11-8-7-9-12(15)10-11/h7-10H,4-6H2,1-3H3,(H,17,18). The summed E-state index contributed by atoms with van der Waals surface area (Å²) in [6, 6.07) is 6.75. The van der Waals surface area contributed by atoms with Gasteiger partial charge >= 0.3 is 13.6 Å². The molecule has 2 atom stereocenters. The molecule has 0 aliphatic rings. The molecule has 0 bridgehead atoms. The van der Waals surface area contributed by atoms with E-state index in [1.807, 2.05) is 0 Å². The molecule has 1 N–H and O–H groups in total. The van der Waals surface area contributed by atoms with E-state index in [0.29, 0.717) is 10.0 Å². The minimum Gasteiger partial charge on any atom is -0.465 e. The molecule has 1 rings (SSSR count). The average molecular weight is 379 g/mol. The van der Waals surface area contributed by atoms with Gasteiger partial charge in [0.2, 0.25) is 0 Å². The maximum atomic E-state index is 12.7. The summed E-state index contributed by atoms with van der Waals surface area (Å²) in [6.45, 7) is 5.08. The van der Waals surface area contributed by atoms with E-state index in [1.165, 1.54) is 0 Å². The van der Waals surface area contributed by atoms with Crippen molar-refractivity contribution in [3.63, 3.8) is 0 Å². The molecule has 0 amide bonds. The second kappa shape index (κ2) is 7.54. The molecule has 1 aromatic rings. The predicted octanol–water partition coefficient (Wildman–Crippen LogP) is 3.84. The molecule has 21 heavy (non-hydrogen) atoms. The van der Waals surface area contributed by atoms with Crippen molar-refractivity contribution in [2.75, 3.05) is 13.2 Å². The topological polar surface area (TPSA) is 72.8 Å². The summed E-state index contributed by atoms with van der Waals surface area (Å²) in [6.07, 6.45) is 0.0933. The fraction of sp³-hybridized carbons (Fsp3) is 0.500. The van der Waals surface area contributed by atoms with Crippen molar-refractivity contribution in [1.29, 1.82) is 0 Å². The third kappa shape index (κ3) is 3.57. The van der Waals surface area contributed by atoms with Crippen molar-refractivity contribution < 1.29 is 23.5 Å². The average Bonchev–Trinajstić information content (AvgIpc) is 2.40. The molecule has 0 aliphatic carbocycles. The highest BCUT2D eigenvalue weighted by Gasteiger charge is 2.56. The first-order chi connectivity index (χ1) is 9.85. The second-order valence-electron chi connectivity index (χ2n) is 4.38. The van der Waals surface area contributed by atoms with Crippen molar-refractivity contribution in [3.8, 4) is 0 Å². The first-order valence-electron chi connectivity index (χ1n) is 6.76. The molecule has 0 spiro atoms. The van der Waals surface area contributed by atoms with E-state index >= 15 is 0 Å². The van der Waals surface area contributed by atoms with Crippen LogP contribution < -0.4 is 0 Å². The van der Waals surface area contributed by atoms with Gasteiger partial charge in [-0.25, -0.2) is 0 Å². The Labute approximate surface area is 133 Å². The summed E-state index contributed by atoms with van der Waals surface area (Å²) in [4.78, 5) is 22.9. The molecule has 0 aliphatic heterocycles. The van der Waals surface area contributed by atoms with Crippen LogP contribution in [0.15, 0.2) is 28.7 Å². The van der Waals surface area contributed by atoms with Crippen LogP contribution in [0.3, 0.4) is 0 Å². The fourth-order valence-electron chi connectivity index (χ4n) is 2.23. The van der Waals surface area contributed by atoms with Crippen molar-refractivity contribution in [3.05, 3.63) is 34.3 Å². The quantitative estimate of drug-likeness (QED) is 0.576. The first-order valence-corrected chi connectivity index (χ1v) is 9.13. The number of rotatable bonds is 7. The Kier molecular flexibility index (Phi) is 6.60. The van der Waals surface area contributed by atoms with Gasteiger partial charge in [0.25, 0.3) is 0 Å². The molecular formula is C14H20BrO5P. The highest BCUT2D eigenvalue weighted by Crippen LogP contribution is 2.63. The predicted molar refractivity (Wildman–Crippen MR) is 84.2 cm³/mol. The Morgan fingerprint density at radius 1 is 1.33 bits per heavy atom. The normalized spacial score (nSPS) is 16.8. The van der Waals surface area contributed by atoms with Crippen LogP contribution >= 0.6 is 23.5 Å². The summed E-state index contributed by atoms with van der Waals surface area (Å²) in [7, 11) is -4.26. The van der Waals surface area contributed by atoms with Gasteiger partial charge in [0, 0.05) is 4.47 Å². The minimum atomic E-state index is -4.26. The summed E-state index contributed by atoms with van der Waals surface area (Å²) in [5, 5.41) is -1.72. The van der Waals surface area contributed by atoms with Gasteiger partial charge in [0.1, 0.15) is 0 Å². The summed E-state index contributed by atoms with van der Waals surface area (Å²) in [5.74, 6) is -0.745. The molecule has 0 radical (unpaired) electrons. The summed E-state index contributed by atoms with van der Waals surface area (Å²) >= 11 is 3.31. The van der Waals surface area contributed by atoms with Gasteiger partial charge in [-0.15, -0.1) is 0 Å². The third-order valence-electron chi connectivity index (χ3n) is 3.21. The maximum Gasteiger partial charge on any atom is 0.349 e. The molecule has 7 heteroatoms. The molecule has 0 aromatic heterocycles. The molecule has 0 saturated carbocycles. The number of hydrogen-bond donors (Lipinski definition) is 1. The van der Waals surface area contributed by atoms with Gasteiger partial charge in [0.05, 0.1) is 13.2 Å². The maximum absolute atomic E-state index is 12.7. The van der Waals surface area contributed by atoms with Crippen LogP contribution in [0, 0.1) is 0 Å². The zero-order chi connectivity index (χ0) is 16.1. The highest BCUT2D eigenvalue weighted by molar-refractivity contribution is 9.10. The van der Waals surface area contributed by atoms with Crippen molar-refractivity contribution >= 4 is 29.5 Å². The SMILES string of the molecule is CCOC(=O)C(CC)(c1cccc(Br)c1)P(=O)(O)OCC. The Balaban J connectivity index is 3.54. The van der Waals surface area contributed by atoms with Gasteiger partial charge in [-0.3, -0.25) is 9.36 Å². The van der Waals surface area contributed by atoms with E-state index in [4.69, 9.17) is 9.26 Å². The van der Waals surface area contributed by atoms with E-state index in [0.717, 1.165) is 0 Å². The number of ether oxygens (including phenoxy) is 1. The van der Waals surface area contributed by atoms with Crippen LogP contribution in [0.5, 0.6) is 0 Å². The molecular weight excluding hydrogens is 359 g/mol. The van der Waals surface area contributed by atoms with Crippen LogP contribution in [0.2, 0.25) is 0 Å². The molecule has 0 saturated heterocycles. The number of carbonyl (C=O) groups excluding carboxylic acids is 1. The van der Waals surface area contributed by atoms with E-state index in [-0.39, 0.29) is 19.6 Å². The van der Waals surface area contributed by atoms with Gasteiger partial charge in [-0.2, -0.15) is 0 Å². The highest BCUT2D eigenvalue weighted by atomic mass is 79.9.